The second-order valence-corrected chi connectivity index (χ2v) is 5.44. The fourth-order valence-electron chi connectivity index (χ4n) is 1.48. The minimum absolute atomic E-state index is 0.0703. The lowest BCUT2D eigenvalue weighted by molar-refractivity contribution is 0.0702. The highest BCUT2D eigenvalue weighted by atomic mass is 79.9. The van der Waals surface area contributed by atoms with Gasteiger partial charge in [0.2, 0.25) is 0 Å². The third-order valence-electron chi connectivity index (χ3n) is 3.05. The van der Waals surface area contributed by atoms with E-state index in [1.165, 1.54) is 12.1 Å². The minimum Gasteiger partial charge on any atom is -0.339 e. The molecule has 0 saturated carbocycles. The summed E-state index contributed by atoms with van der Waals surface area (Å²) in [6, 6.07) is 4.46. The average molecular weight is 302 g/mol. The van der Waals surface area contributed by atoms with Crippen LogP contribution in [-0.4, -0.2) is 23.9 Å². The highest BCUT2D eigenvalue weighted by molar-refractivity contribution is 9.10. The van der Waals surface area contributed by atoms with Gasteiger partial charge in [-0.2, -0.15) is 0 Å². The first-order valence-electron chi connectivity index (χ1n) is 5.56. The average Bonchev–Trinajstić information content (AvgIpc) is 2.29. The molecule has 1 aromatic carbocycles. The van der Waals surface area contributed by atoms with Gasteiger partial charge in [-0.1, -0.05) is 29.8 Å². The molecule has 1 atom stereocenters. The highest BCUT2D eigenvalue weighted by Crippen LogP contribution is 2.19. The second-order valence-electron chi connectivity index (χ2n) is 4.52. The summed E-state index contributed by atoms with van der Waals surface area (Å²) < 4.78 is 14.3. The topological polar surface area (TPSA) is 20.3 Å². The maximum absolute atomic E-state index is 13.6. The normalized spacial score (nSPS) is 12.6. The van der Waals surface area contributed by atoms with Crippen LogP contribution in [0.15, 0.2) is 22.7 Å². The van der Waals surface area contributed by atoms with E-state index < -0.39 is 5.82 Å². The Kier molecular flexibility index (Phi) is 4.69. The van der Waals surface area contributed by atoms with Crippen molar-refractivity contribution in [2.24, 2.45) is 5.92 Å². The molecular weight excluding hydrogens is 285 g/mol. The number of carbonyl (C=O) groups excluding carboxylic acids is 1. The van der Waals surface area contributed by atoms with Crippen molar-refractivity contribution in [2.45, 2.75) is 26.8 Å². The van der Waals surface area contributed by atoms with Crippen molar-refractivity contribution in [1.29, 1.82) is 0 Å². The van der Waals surface area contributed by atoms with E-state index in [4.69, 9.17) is 0 Å². The van der Waals surface area contributed by atoms with E-state index in [-0.39, 0.29) is 17.5 Å². The van der Waals surface area contributed by atoms with Crippen LogP contribution >= 0.6 is 15.9 Å². The Hall–Kier alpha value is -0.900. The number of carbonyl (C=O) groups is 1. The zero-order valence-electron chi connectivity index (χ0n) is 10.5. The number of hydrogen-bond acceptors (Lipinski definition) is 1. The lowest BCUT2D eigenvalue weighted by Gasteiger charge is -2.28. The predicted molar refractivity (Wildman–Crippen MR) is 70.5 cm³/mol. The van der Waals surface area contributed by atoms with Crippen LogP contribution in [0.4, 0.5) is 4.39 Å². The molecule has 2 nitrogen and oxygen atoms in total. The second kappa shape index (κ2) is 5.63. The first-order chi connectivity index (χ1) is 7.84. The summed E-state index contributed by atoms with van der Waals surface area (Å²) in [7, 11) is 1.70. The standard InChI is InChI=1S/C13H17BrFNO/c1-8(2)9(3)16(4)13(17)11-7-10(14)5-6-12(11)15/h5-9H,1-4H3. The first-order valence-corrected chi connectivity index (χ1v) is 6.36. The maximum Gasteiger partial charge on any atom is 0.256 e. The zero-order chi connectivity index (χ0) is 13.2. The van der Waals surface area contributed by atoms with Crippen LogP contribution in [0.2, 0.25) is 0 Å². The van der Waals surface area contributed by atoms with Crippen LogP contribution < -0.4 is 0 Å². The summed E-state index contributed by atoms with van der Waals surface area (Å²) >= 11 is 3.24. The van der Waals surface area contributed by atoms with Crippen molar-refractivity contribution in [3.63, 3.8) is 0 Å². The first kappa shape index (κ1) is 14.2. The molecule has 0 spiro atoms. The Morgan fingerprint density at radius 3 is 2.47 bits per heavy atom. The van der Waals surface area contributed by atoms with Crippen LogP contribution in [0.1, 0.15) is 31.1 Å². The van der Waals surface area contributed by atoms with Gasteiger partial charge in [-0.25, -0.2) is 4.39 Å². The molecule has 4 heteroatoms. The van der Waals surface area contributed by atoms with E-state index in [2.05, 4.69) is 15.9 Å². The summed E-state index contributed by atoms with van der Waals surface area (Å²) in [5.41, 5.74) is 0.106. The van der Waals surface area contributed by atoms with Crippen molar-refractivity contribution in [2.75, 3.05) is 7.05 Å². The van der Waals surface area contributed by atoms with Gasteiger partial charge in [0, 0.05) is 17.6 Å². The summed E-state index contributed by atoms with van der Waals surface area (Å²) in [6.07, 6.45) is 0. The van der Waals surface area contributed by atoms with Gasteiger partial charge in [-0.3, -0.25) is 4.79 Å². The smallest absolute Gasteiger partial charge is 0.256 e. The van der Waals surface area contributed by atoms with E-state index >= 15 is 0 Å². The third kappa shape index (κ3) is 3.28. The van der Waals surface area contributed by atoms with Crippen molar-refractivity contribution in [3.05, 3.63) is 34.1 Å². The van der Waals surface area contributed by atoms with Crippen LogP contribution in [-0.2, 0) is 0 Å². The Labute approximate surface area is 110 Å². The molecule has 94 valence electrons. The van der Waals surface area contributed by atoms with Crippen LogP contribution in [0.3, 0.4) is 0 Å². The molecule has 0 radical (unpaired) electrons. The summed E-state index contributed by atoms with van der Waals surface area (Å²) in [5, 5.41) is 0. The number of benzene rings is 1. The van der Waals surface area contributed by atoms with Gasteiger partial charge in [-0.15, -0.1) is 0 Å². The lowest BCUT2D eigenvalue weighted by Crippen LogP contribution is -2.38. The number of rotatable bonds is 3. The summed E-state index contributed by atoms with van der Waals surface area (Å²) in [5.74, 6) is -0.440. The van der Waals surface area contributed by atoms with E-state index in [0.29, 0.717) is 10.4 Å². The van der Waals surface area contributed by atoms with Crippen molar-refractivity contribution in [1.82, 2.24) is 4.90 Å². The van der Waals surface area contributed by atoms with Gasteiger partial charge < -0.3 is 4.90 Å². The van der Waals surface area contributed by atoms with Crippen molar-refractivity contribution < 1.29 is 9.18 Å². The van der Waals surface area contributed by atoms with Crippen molar-refractivity contribution in [3.8, 4) is 0 Å². The lowest BCUT2D eigenvalue weighted by atomic mass is 10.0. The number of amides is 1. The zero-order valence-corrected chi connectivity index (χ0v) is 12.1. The van der Waals surface area contributed by atoms with E-state index in [0.717, 1.165) is 0 Å². The van der Waals surface area contributed by atoms with E-state index in [1.807, 2.05) is 20.8 Å². The highest BCUT2D eigenvalue weighted by Gasteiger charge is 2.22. The van der Waals surface area contributed by atoms with Gasteiger partial charge >= 0.3 is 0 Å². The molecule has 0 aromatic heterocycles. The molecule has 1 amide bonds. The number of nitrogens with zero attached hydrogens (tertiary/aromatic N) is 1. The van der Waals surface area contributed by atoms with E-state index in [1.54, 1.807) is 18.0 Å². The largest absolute Gasteiger partial charge is 0.339 e. The molecule has 0 aliphatic heterocycles. The molecule has 0 saturated heterocycles. The SMILES string of the molecule is CC(C)C(C)N(C)C(=O)c1cc(Br)ccc1F. The fourth-order valence-corrected chi connectivity index (χ4v) is 1.84. The van der Waals surface area contributed by atoms with Crippen LogP contribution in [0.25, 0.3) is 0 Å². The van der Waals surface area contributed by atoms with E-state index in [9.17, 15) is 9.18 Å². The summed E-state index contributed by atoms with van der Waals surface area (Å²) in [4.78, 5) is 13.7. The molecule has 0 aliphatic rings. The molecule has 0 heterocycles. The monoisotopic (exact) mass is 301 g/mol. The number of halogens is 2. The molecule has 1 rings (SSSR count). The quantitative estimate of drug-likeness (QED) is 0.833. The molecule has 0 fully saturated rings. The molecule has 0 bridgehead atoms. The Morgan fingerprint density at radius 1 is 1.35 bits per heavy atom. The Balaban J connectivity index is 3.00. The van der Waals surface area contributed by atoms with Crippen molar-refractivity contribution >= 4 is 21.8 Å². The van der Waals surface area contributed by atoms with Gasteiger partial charge in [-0.05, 0) is 31.0 Å². The molecular formula is C13H17BrFNO. The molecule has 1 aromatic rings. The predicted octanol–water partition coefficient (Wildman–Crippen LogP) is 3.70. The van der Waals surface area contributed by atoms with Crippen LogP contribution in [0, 0.1) is 11.7 Å². The van der Waals surface area contributed by atoms with Crippen LogP contribution in [0.5, 0.6) is 0 Å². The van der Waals surface area contributed by atoms with Gasteiger partial charge in [0.25, 0.3) is 5.91 Å². The van der Waals surface area contributed by atoms with Gasteiger partial charge in [0.05, 0.1) is 5.56 Å². The molecule has 17 heavy (non-hydrogen) atoms. The Bertz CT molecular complexity index is 420. The Morgan fingerprint density at radius 2 is 1.94 bits per heavy atom. The molecule has 1 unspecified atom stereocenters. The molecule has 0 N–H and O–H groups in total. The molecule has 0 aliphatic carbocycles. The fraction of sp³-hybridized carbons (Fsp3) is 0.462. The number of hydrogen-bond donors (Lipinski definition) is 0. The third-order valence-corrected chi connectivity index (χ3v) is 3.55. The maximum atomic E-state index is 13.6. The summed E-state index contributed by atoms with van der Waals surface area (Å²) in [6.45, 7) is 6.02. The van der Waals surface area contributed by atoms with Gasteiger partial charge in [0.15, 0.2) is 0 Å². The van der Waals surface area contributed by atoms with Gasteiger partial charge in [0.1, 0.15) is 5.82 Å². The minimum atomic E-state index is -0.485.